The highest BCUT2D eigenvalue weighted by Crippen LogP contribution is 2.38. The minimum absolute atomic E-state index is 0.137. The molecule has 1 aromatic carbocycles. The van der Waals surface area contributed by atoms with Gasteiger partial charge in [0.15, 0.2) is 11.9 Å². The van der Waals surface area contributed by atoms with Gasteiger partial charge in [0.2, 0.25) is 11.8 Å². The van der Waals surface area contributed by atoms with Crippen molar-refractivity contribution in [2.45, 2.75) is 37.5 Å². The van der Waals surface area contributed by atoms with Crippen LogP contribution < -0.4 is 5.32 Å². The number of likely N-dealkylation sites (N-methyl/N-ethyl adjacent to an activating group) is 1. The lowest BCUT2D eigenvalue weighted by molar-refractivity contribution is -0.154. The van der Waals surface area contributed by atoms with Crippen LogP contribution in [0.1, 0.15) is 42.1 Å². The summed E-state index contributed by atoms with van der Waals surface area (Å²) in [5.41, 5.74) is 0.822. The van der Waals surface area contributed by atoms with Gasteiger partial charge in [0.1, 0.15) is 6.61 Å². The maximum absolute atomic E-state index is 12.9. The van der Waals surface area contributed by atoms with Crippen molar-refractivity contribution < 1.29 is 18.8 Å². The number of hydrogen-bond donors (Lipinski definition) is 1. The molecule has 136 valence electrons. The molecule has 1 aliphatic heterocycles. The van der Waals surface area contributed by atoms with Crippen LogP contribution in [0, 0.1) is 0 Å². The van der Waals surface area contributed by atoms with Crippen molar-refractivity contribution in [1.82, 2.24) is 20.4 Å². The van der Waals surface area contributed by atoms with Gasteiger partial charge in [-0.05, 0) is 18.4 Å². The lowest BCUT2D eigenvalue weighted by Crippen LogP contribution is -2.52. The van der Waals surface area contributed by atoms with E-state index < -0.39 is 12.1 Å². The van der Waals surface area contributed by atoms with Gasteiger partial charge in [-0.3, -0.25) is 9.59 Å². The normalized spacial score (nSPS) is 22.7. The van der Waals surface area contributed by atoms with Gasteiger partial charge in [0, 0.05) is 13.0 Å². The van der Waals surface area contributed by atoms with Gasteiger partial charge < -0.3 is 19.5 Å². The molecule has 0 unspecified atom stereocenters. The Morgan fingerprint density at radius 2 is 2.08 bits per heavy atom. The van der Waals surface area contributed by atoms with Gasteiger partial charge in [-0.15, -0.1) is 0 Å². The third-order valence-corrected chi connectivity index (χ3v) is 4.58. The van der Waals surface area contributed by atoms with E-state index in [4.69, 9.17) is 9.26 Å². The zero-order chi connectivity index (χ0) is 18.1. The maximum Gasteiger partial charge on any atom is 0.254 e. The number of carbonyl (C=O) groups is 2. The summed E-state index contributed by atoms with van der Waals surface area (Å²) in [5, 5.41) is 6.79. The first-order valence-corrected chi connectivity index (χ1v) is 8.65. The molecule has 1 saturated carbocycles. The van der Waals surface area contributed by atoms with E-state index in [2.05, 4.69) is 15.5 Å². The standard InChI is InChI=1S/C18H20N4O4/c1-22(9-13-19-17(26-21-13)12-7-8-12)18(24)16-15(20-14(23)10-25-16)11-5-3-2-4-6-11/h2-6,12,15-16H,7-10H2,1H3,(H,20,23)/t15-,16+/m1/s1. The summed E-state index contributed by atoms with van der Waals surface area (Å²) < 4.78 is 10.8. The summed E-state index contributed by atoms with van der Waals surface area (Å²) in [6.45, 7) is 0.0893. The molecule has 1 aliphatic carbocycles. The molecule has 1 aromatic heterocycles. The fraction of sp³-hybridized carbons (Fsp3) is 0.444. The maximum atomic E-state index is 12.9. The second-order valence-electron chi connectivity index (χ2n) is 6.70. The smallest absolute Gasteiger partial charge is 0.254 e. The van der Waals surface area contributed by atoms with Crippen LogP contribution in [0.3, 0.4) is 0 Å². The van der Waals surface area contributed by atoms with Crippen LogP contribution in [0.15, 0.2) is 34.9 Å². The summed E-state index contributed by atoms with van der Waals surface area (Å²) in [6.07, 6.45) is 1.35. The van der Waals surface area contributed by atoms with Crippen molar-refractivity contribution in [3.63, 3.8) is 0 Å². The van der Waals surface area contributed by atoms with Gasteiger partial charge in [-0.2, -0.15) is 4.98 Å². The molecule has 4 rings (SSSR count). The molecular weight excluding hydrogens is 336 g/mol. The largest absolute Gasteiger partial charge is 0.356 e. The predicted octanol–water partition coefficient (Wildman–Crippen LogP) is 1.16. The van der Waals surface area contributed by atoms with Gasteiger partial charge in [-0.1, -0.05) is 35.5 Å². The summed E-state index contributed by atoms with van der Waals surface area (Å²) >= 11 is 0. The van der Waals surface area contributed by atoms with Crippen molar-refractivity contribution in [3.05, 3.63) is 47.6 Å². The zero-order valence-electron chi connectivity index (χ0n) is 14.4. The molecule has 1 saturated heterocycles. The second-order valence-corrected chi connectivity index (χ2v) is 6.70. The van der Waals surface area contributed by atoms with Crippen molar-refractivity contribution in [2.75, 3.05) is 13.7 Å². The van der Waals surface area contributed by atoms with E-state index >= 15 is 0 Å². The molecule has 2 heterocycles. The third-order valence-electron chi connectivity index (χ3n) is 4.58. The Morgan fingerprint density at radius 3 is 2.81 bits per heavy atom. The first-order valence-electron chi connectivity index (χ1n) is 8.65. The van der Waals surface area contributed by atoms with Crippen LogP contribution in [0.5, 0.6) is 0 Å². The average molecular weight is 356 g/mol. The van der Waals surface area contributed by atoms with Gasteiger partial charge in [-0.25, -0.2) is 0 Å². The molecule has 8 nitrogen and oxygen atoms in total. The van der Waals surface area contributed by atoms with Gasteiger partial charge >= 0.3 is 0 Å². The molecule has 0 bridgehead atoms. The summed E-state index contributed by atoms with van der Waals surface area (Å²) in [7, 11) is 1.66. The van der Waals surface area contributed by atoms with E-state index in [9.17, 15) is 9.59 Å². The second kappa shape index (κ2) is 6.87. The van der Waals surface area contributed by atoms with E-state index in [1.54, 1.807) is 7.05 Å². The fourth-order valence-electron chi connectivity index (χ4n) is 3.02. The van der Waals surface area contributed by atoms with Gasteiger partial charge in [0.05, 0.1) is 12.6 Å². The molecule has 8 heteroatoms. The first-order chi connectivity index (χ1) is 12.6. The summed E-state index contributed by atoms with van der Waals surface area (Å²) in [4.78, 5) is 30.5. The molecule has 26 heavy (non-hydrogen) atoms. The molecule has 2 amide bonds. The van der Waals surface area contributed by atoms with Crippen molar-refractivity contribution in [2.24, 2.45) is 0 Å². The molecule has 2 fully saturated rings. The molecule has 0 spiro atoms. The topological polar surface area (TPSA) is 97.6 Å². The number of carbonyl (C=O) groups excluding carboxylic acids is 2. The number of amides is 2. The zero-order valence-corrected chi connectivity index (χ0v) is 14.4. The highest BCUT2D eigenvalue weighted by atomic mass is 16.5. The highest BCUT2D eigenvalue weighted by Gasteiger charge is 2.38. The van der Waals surface area contributed by atoms with Crippen molar-refractivity contribution >= 4 is 11.8 Å². The number of benzene rings is 1. The number of nitrogens with zero attached hydrogens (tertiary/aromatic N) is 3. The van der Waals surface area contributed by atoms with E-state index in [1.807, 2.05) is 30.3 Å². The Bertz CT molecular complexity index is 803. The van der Waals surface area contributed by atoms with Crippen molar-refractivity contribution in [3.8, 4) is 0 Å². The molecule has 0 radical (unpaired) electrons. The Labute approximate surface area is 150 Å². The number of morpholine rings is 1. The van der Waals surface area contributed by atoms with Gasteiger partial charge in [0.25, 0.3) is 5.91 Å². The lowest BCUT2D eigenvalue weighted by atomic mass is 9.99. The summed E-state index contributed by atoms with van der Waals surface area (Å²) in [5.74, 6) is 1.01. The monoisotopic (exact) mass is 356 g/mol. The van der Waals surface area contributed by atoms with E-state index in [-0.39, 0.29) is 25.0 Å². The highest BCUT2D eigenvalue weighted by molar-refractivity contribution is 5.86. The molecule has 2 aliphatic rings. The Hall–Kier alpha value is -2.74. The van der Waals surface area contributed by atoms with E-state index in [0.29, 0.717) is 17.6 Å². The van der Waals surface area contributed by atoms with Crippen LogP contribution in [0.2, 0.25) is 0 Å². The minimum atomic E-state index is -0.796. The number of aromatic nitrogens is 2. The number of ether oxygens (including phenoxy) is 1. The SMILES string of the molecule is CN(Cc1noc(C2CC2)n1)C(=O)[C@H]1OCC(=O)N[C@@H]1c1ccccc1. The average Bonchev–Trinajstić information content (AvgIpc) is 3.41. The van der Waals surface area contributed by atoms with E-state index in [0.717, 1.165) is 18.4 Å². The lowest BCUT2D eigenvalue weighted by Gasteiger charge is -2.33. The molecule has 1 N–H and O–H groups in total. The quantitative estimate of drug-likeness (QED) is 0.863. The number of hydrogen-bond acceptors (Lipinski definition) is 6. The molecule has 2 aromatic rings. The van der Waals surface area contributed by atoms with Crippen LogP contribution in [0.25, 0.3) is 0 Å². The fourth-order valence-corrected chi connectivity index (χ4v) is 3.02. The minimum Gasteiger partial charge on any atom is -0.356 e. The van der Waals surface area contributed by atoms with Crippen LogP contribution in [-0.4, -0.2) is 46.6 Å². The Balaban J connectivity index is 1.47. The van der Waals surface area contributed by atoms with Crippen LogP contribution in [-0.2, 0) is 20.9 Å². The number of nitrogens with one attached hydrogen (secondary N) is 1. The predicted molar refractivity (Wildman–Crippen MR) is 89.8 cm³/mol. The van der Waals surface area contributed by atoms with E-state index in [1.165, 1.54) is 4.90 Å². The Morgan fingerprint density at radius 1 is 1.31 bits per heavy atom. The van der Waals surface area contributed by atoms with Crippen LogP contribution >= 0.6 is 0 Å². The molecular formula is C18H20N4O4. The third kappa shape index (κ3) is 3.45. The van der Waals surface area contributed by atoms with Crippen LogP contribution in [0.4, 0.5) is 0 Å². The Kier molecular flexibility index (Phi) is 4.42. The summed E-state index contributed by atoms with van der Waals surface area (Å²) in [6, 6.07) is 8.80. The first kappa shape index (κ1) is 16.7. The number of rotatable bonds is 5. The van der Waals surface area contributed by atoms with Crippen molar-refractivity contribution in [1.29, 1.82) is 0 Å². The molecule has 2 atom stereocenters.